The Hall–Kier alpha value is -2.52. The Morgan fingerprint density at radius 1 is 0.871 bits per heavy atom. The monoisotopic (exact) mass is 444 g/mol. The zero-order valence-corrected chi connectivity index (χ0v) is 18.9. The van der Waals surface area contributed by atoms with E-state index in [1.165, 1.54) is 4.90 Å². The number of nitrogens with zero attached hydrogens (tertiary/aromatic N) is 1. The van der Waals surface area contributed by atoms with Gasteiger partial charge in [0.05, 0.1) is 26.4 Å². The van der Waals surface area contributed by atoms with Crippen molar-refractivity contribution in [3.8, 4) is 0 Å². The highest BCUT2D eigenvalue weighted by atomic mass is 16.7. The number of ether oxygens (including phenoxy) is 4. The zero-order chi connectivity index (χ0) is 23.1. The van der Waals surface area contributed by atoms with Crippen LogP contribution in [-0.4, -0.2) is 74.1 Å². The molecule has 1 N–H and O–H groups in total. The van der Waals surface area contributed by atoms with Crippen LogP contribution < -0.4 is 5.32 Å². The highest BCUT2D eigenvalue weighted by Crippen LogP contribution is 2.22. The van der Waals surface area contributed by atoms with Crippen LogP contribution in [0.3, 0.4) is 0 Å². The van der Waals surface area contributed by atoms with E-state index in [0.717, 1.165) is 32.1 Å². The van der Waals surface area contributed by atoms with Crippen LogP contribution >= 0.6 is 0 Å². The quantitative estimate of drug-likeness (QED) is 0.262. The largest absolute Gasteiger partial charge is 0.508 e. The lowest BCUT2D eigenvalue weighted by Crippen LogP contribution is -2.47. The molecule has 0 aromatic carbocycles. The third-order valence-corrected chi connectivity index (χ3v) is 4.67. The molecule has 0 saturated carbocycles. The number of amides is 2. The molecule has 10 nitrogen and oxygen atoms in total. The minimum absolute atomic E-state index is 0.00681. The molecule has 1 aliphatic rings. The smallest absolute Gasteiger partial charge is 0.464 e. The average Bonchev–Trinajstić information content (AvgIpc) is 3.16. The molecule has 0 aliphatic carbocycles. The third kappa shape index (κ3) is 10.4. The van der Waals surface area contributed by atoms with Crippen LogP contribution in [0, 0.1) is 0 Å². The standard InChI is InChI=1S/C21H36N2O8/c1-4-7-10-28-18(24)14-22-19(25)17-13-16(31-21(27)30-12-9-6-3)15-23(17)20(26)29-11-8-5-2/h16-17H,4-15H2,1-3H3,(H,22,25). The summed E-state index contributed by atoms with van der Waals surface area (Å²) in [6.07, 6.45) is 2.65. The lowest BCUT2D eigenvalue weighted by Gasteiger charge is -2.22. The predicted molar refractivity (Wildman–Crippen MR) is 111 cm³/mol. The molecule has 178 valence electrons. The normalized spacial score (nSPS) is 17.7. The number of hydrogen-bond acceptors (Lipinski definition) is 8. The first kappa shape index (κ1) is 26.5. The molecule has 2 unspecified atom stereocenters. The third-order valence-electron chi connectivity index (χ3n) is 4.67. The first-order valence-corrected chi connectivity index (χ1v) is 11.1. The van der Waals surface area contributed by atoms with Crippen LogP contribution in [0.4, 0.5) is 9.59 Å². The highest BCUT2D eigenvalue weighted by Gasteiger charge is 2.42. The fourth-order valence-electron chi connectivity index (χ4n) is 2.85. The molecule has 0 aromatic heterocycles. The van der Waals surface area contributed by atoms with E-state index in [0.29, 0.717) is 13.0 Å². The summed E-state index contributed by atoms with van der Waals surface area (Å²) in [6, 6.07) is -0.925. The van der Waals surface area contributed by atoms with E-state index in [1.54, 1.807) is 0 Å². The van der Waals surface area contributed by atoms with Gasteiger partial charge in [-0.25, -0.2) is 9.59 Å². The summed E-state index contributed by atoms with van der Waals surface area (Å²) in [5.74, 6) is -1.09. The van der Waals surface area contributed by atoms with Gasteiger partial charge in [0, 0.05) is 6.42 Å². The SMILES string of the molecule is CCCCOC(=O)CNC(=O)C1CC(OC(=O)OCCCC)CN1C(=O)OCCCC. The molecule has 2 atom stereocenters. The molecule has 0 bridgehead atoms. The maximum atomic E-state index is 12.6. The number of rotatable bonds is 13. The molecule has 10 heteroatoms. The van der Waals surface area contributed by atoms with E-state index in [4.69, 9.17) is 18.9 Å². The summed E-state index contributed by atoms with van der Waals surface area (Å²) < 4.78 is 20.5. The van der Waals surface area contributed by atoms with Crippen molar-refractivity contribution in [1.29, 1.82) is 0 Å². The van der Waals surface area contributed by atoms with Gasteiger partial charge in [0.1, 0.15) is 18.7 Å². The molecule has 31 heavy (non-hydrogen) atoms. The molecule has 1 saturated heterocycles. The van der Waals surface area contributed by atoms with Gasteiger partial charge in [-0.2, -0.15) is 0 Å². The average molecular weight is 445 g/mol. The van der Waals surface area contributed by atoms with E-state index in [-0.39, 0.29) is 32.7 Å². The predicted octanol–water partition coefficient (Wildman–Crippen LogP) is 2.78. The minimum atomic E-state index is -0.925. The van der Waals surface area contributed by atoms with Crippen molar-refractivity contribution >= 4 is 24.1 Å². The second kappa shape index (κ2) is 15.3. The highest BCUT2D eigenvalue weighted by molar-refractivity contribution is 5.89. The summed E-state index contributed by atoms with van der Waals surface area (Å²) in [4.78, 5) is 49.9. The van der Waals surface area contributed by atoms with Crippen LogP contribution in [0.1, 0.15) is 65.7 Å². The second-order valence-corrected chi connectivity index (χ2v) is 7.36. The molecular weight excluding hydrogens is 408 g/mol. The van der Waals surface area contributed by atoms with Gasteiger partial charge in [-0.15, -0.1) is 0 Å². The van der Waals surface area contributed by atoms with E-state index >= 15 is 0 Å². The zero-order valence-electron chi connectivity index (χ0n) is 18.9. The second-order valence-electron chi connectivity index (χ2n) is 7.36. The lowest BCUT2D eigenvalue weighted by molar-refractivity contribution is -0.144. The molecular formula is C21H36N2O8. The van der Waals surface area contributed by atoms with Crippen molar-refractivity contribution < 1.29 is 38.1 Å². The number of likely N-dealkylation sites (tertiary alicyclic amines) is 1. The summed E-state index contributed by atoms with van der Waals surface area (Å²) in [5, 5.41) is 2.48. The Morgan fingerprint density at radius 3 is 2.06 bits per heavy atom. The Kier molecular flexibility index (Phi) is 13.1. The number of carbonyl (C=O) groups is 4. The molecule has 2 amide bonds. The number of carbonyl (C=O) groups excluding carboxylic acids is 4. The van der Waals surface area contributed by atoms with E-state index in [1.807, 2.05) is 20.8 Å². The van der Waals surface area contributed by atoms with E-state index in [2.05, 4.69) is 5.32 Å². The number of esters is 1. The Morgan fingerprint density at radius 2 is 1.45 bits per heavy atom. The topological polar surface area (TPSA) is 120 Å². The van der Waals surface area contributed by atoms with Gasteiger partial charge in [0.2, 0.25) is 5.91 Å². The van der Waals surface area contributed by atoms with Gasteiger partial charge < -0.3 is 24.3 Å². The summed E-state index contributed by atoms with van der Waals surface area (Å²) in [7, 11) is 0. The Bertz CT molecular complexity index is 584. The van der Waals surface area contributed by atoms with Crippen molar-refractivity contribution in [2.24, 2.45) is 0 Å². The fourth-order valence-corrected chi connectivity index (χ4v) is 2.85. The van der Waals surface area contributed by atoms with Crippen molar-refractivity contribution in [3.05, 3.63) is 0 Å². The van der Waals surface area contributed by atoms with E-state index in [9.17, 15) is 19.2 Å². The first-order chi connectivity index (χ1) is 14.9. The van der Waals surface area contributed by atoms with Gasteiger partial charge in [-0.1, -0.05) is 40.0 Å². The molecule has 1 fully saturated rings. The van der Waals surface area contributed by atoms with Gasteiger partial charge in [0.25, 0.3) is 0 Å². The van der Waals surface area contributed by atoms with Crippen LogP contribution in [0.25, 0.3) is 0 Å². The van der Waals surface area contributed by atoms with Gasteiger partial charge in [-0.05, 0) is 19.3 Å². The van der Waals surface area contributed by atoms with E-state index < -0.39 is 36.3 Å². The van der Waals surface area contributed by atoms with Gasteiger partial charge >= 0.3 is 18.2 Å². The molecule has 1 heterocycles. The maximum absolute atomic E-state index is 12.6. The van der Waals surface area contributed by atoms with Gasteiger partial charge in [0.15, 0.2) is 0 Å². The lowest BCUT2D eigenvalue weighted by atomic mass is 10.2. The van der Waals surface area contributed by atoms with Crippen molar-refractivity contribution in [3.63, 3.8) is 0 Å². The summed E-state index contributed by atoms with van der Waals surface area (Å²) in [6.45, 7) is 6.38. The molecule has 0 aromatic rings. The Balaban J connectivity index is 2.65. The van der Waals surface area contributed by atoms with Crippen LogP contribution in [0.15, 0.2) is 0 Å². The Labute approximate surface area is 183 Å². The number of hydrogen-bond donors (Lipinski definition) is 1. The van der Waals surface area contributed by atoms with Crippen molar-refractivity contribution in [1.82, 2.24) is 10.2 Å². The minimum Gasteiger partial charge on any atom is -0.464 e. The summed E-state index contributed by atoms with van der Waals surface area (Å²) >= 11 is 0. The number of nitrogens with one attached hydrogen (secondary N) is 1. The fraction of sp³-hybridized carbons (Fsp3) is 0.810. The maximum Gasteiger partial charge on any atom is 0.508 e. The van der Waals surface area contributed by atoms with Crippen molar-refractivity contribution in [2.45, 2.75) is 77.9 Å². The molecule has 0 spiro atoms. The first-order valence-electron chi connectivity index (χ1n) is 11.1. The van der Waals surface area contributed by atoms with Crippen LogP contribution in [0.5, 0.6) is 0 Å². The molecule has 1 rings (SSSR count). The van der Waals surface area contributed by atoms with Gasteiger partial charge in [-0.3, -0.25) is 14.5 Å². The molecule has 1 aliphatic heterocycles. The summed E-state index contributed by atoms with van der Waals surface area (Å²) in [5.41, 5.74) is 0. The molecule has 0 radical (unpaired) electrons. The number of unbranched alkanes of at least 4 members (excludes halogenated alkanes) is 3. The van der Waals surface area contributed by atoms with Crippen LogP contribution in [0.2, 0.25) is 0 Å². The van der Waals surface area contributed by atoms with Crippen LogP contribution in [-0.2, 0) is 28.5 Å². The van der Waals surface area contributed by atoms with Crippen molar-refractivity contribution in [2.75, 3.05) is 32.9 Å².